The molecule has 2 saturated carbocycles. The van der Waals surface area contributed by atoms with Gasteiger partial charge in [0.15, 0.2) is 0 Å². The van der Waals surface area contributed by atoms with E-state index in [-0.39, 0.29) is 29.9 Å². The summed E-state index contributed by atoms with van der Waals surface area (Å²) in [4.78, 5) is 26.2. The summed E-state index contributed by atoms with van der Waals surface area (Å²) in [6.07, 6.45) is 4.56. The molecule has 1 N–H and O–H groups in total. The minimum atomic E-state index is -0.298. The highest BCUT2D eigenvalue weighted by molar-refractivity contribution is 5.97. The quantitative estimate of drug-likeness (QED) is 0.792. The number of carbonyl (C=O) groups excluding carboxylic acids is 2. The van der Waals surface area contributed by atoms with Crippen LogP contribution in [0.5, 0.6) is 0 Å². The first kappa shape index (κ1) is 11.1. The Morgan fingerprint density at radius 3 is 2.41 bits per heavy atom. The molecule has 1 heterocycles. The molecule has 4 heteroatoms. The molecular weight excluding hydrogens is 216 g/mol. The van der Waals surface area contributed by atoms with Gasteiger partial charge in [-0.2, -0.15) is 0 Å². The number of amides is 2. The summed E-state index contributed by atoms with van der Waals surface area (Å²) < 4.78 is 0. The van der Waals surface area contributed by atoms with Crippen LogP contribution in [0.15, 0.2) is 0 Å². The second-order valence-electron chi connectivity index (χ2n) is 5.82. The third-order valence-corrected chi connectivity index (χ3v) is 4.45. The fourth-order valence-electron chi connectivity index (χ4n) is 2.92. The molecular formula is C13H20N2O2. The second kappa shape index (κ2) is 3.72. The molecule has 3 unspecified atom stereocenters. The monoisotopic (exact) mass is 236 g/mol. The van der Waals surface area contributed by atoms with Crippen LogP contribution in [0.1, 0.15) is 39.5 Å². The van der Waals surface area contributed by atoms with Gasteiger partial charge in [-0.05, 0) is 51.4 Å². The first-order valence-electron chi connectivity index (χ1n) is 6.72. The van der Waals surface area contributed by atoms with Crippen molar-refractivity contribution in [3.05, 3.63) is 0 Å². The lowest BCUT2D eigenvalue weighted by Crippen LogP contribution is -2.65. The van der Waals surface area contributed by atoms with E-state index in [0.29, 0.717) is 11.8 Å². The SMILES string of the molecule is CC1C(=O)NC(C2CC2)C(=O)N1C(C)C1CC1. The van der Waals surface area contributed by atoms with E-state index < -0.39 is 0 Å². The van der Waals surface area contributed by atoms with Crippen LogP contribution in [-0.4, -0.2) is 34.8 Å². The van der Waals surface area contributed by atoms with E-state index in [1.807, 2.05) is 11.8 Å². The number of nitrogens with zero attached hydrogens (tertiary/aromatic N) is 1. The summed E-state index contributed by atoms with van der Waals surface area (Å²) >= 11 is 0. The van der Waals surface area contributed by atoms with Crippen molar-refractivity contribution < 1.29 is 9.59 Å². The Labute approximate surface area is 102 Å². The summed E-state index contributed by atoms with van der Waals surface area (Å²) in [7, 11) is 0. The van der Waals surface area contributed by atoms with Crippen molar-refractivity contribution in [2.45, 2.75) is 57.7 Å². The van der Waals surface area contributed by atoms with E-state index in [4.69, 9.17) is 0 Å². The Morgan fingerprint density at radius 1 is 1.24 bits per heavy atom. The van der Waals surface area contributed by atoms with Crippen LogP contribution in [0.25, 0.3) is 0 Å². The molecule has 17 heavy (non-hydrogen) atoms. The second-order valence-corrected chi connectivity index (χ2v) is 5.82. The molecule has 3 fully saturated rings. The van der Waals surface area contributed by atoms with E-state index in [1.54, 1.807) is 0 Å². The molecule has 0 aromatic rings. The molecule has 2 amide bonds. The molecule has 94 valence electrons. The molecule has 0 aromatic heterocycles. The zero-order valence-corrected chi connectivity index (χ0v) is 10.5. The third-order valence-electron chi connectivity index (χ3n) is 4.45. The Balaban J connectivity index is 1.81. The molecule has 0 radical (unpaired) electrons. The first-order valence-corrected chi connectivity index (χ1v) is 6.72. The van der Waals surface area contributed by atoms with Crippen molar-refractivity contribution in [3.8, 4) is 0 Å². The van der Waals surface area contributed by atoms with Gasteiger partial charge in [-0.1, -0.05) is 0 Å². The molecule has 3 rings (SSSR count). The summed E-state index contributed by atoms with van der Waals surface area (Å²) in [6.45, 7) is 3.93. The number of hydrogen-bond donors (Lipinski definition) is 1. The van der Waals surface area contributed by atoms with Crippen LogP contribution >= 0.6 is 0 Å². The van der Waals surface area contributed by atoms with Crippen molar-refractivity contribution in [2.75, 3.05) is 0 Å². The zero-order chi connectivity index (χ0) is 12.2. The zero-order valence-electron chi connectivity index (χ0n) is 10.5. The fourth-order valence-corrected chi connectivity index (χ4v) is 2.92. The maximum atomic E-state index is 12.4. The van der Waals surface area contributed by atoms with Crippen molar-refractivity contribution in [3.63, 3.8) is 0 Å². The van der Waals surface area contributed by atoms with Crippen molar-refractivity contribution >= 4 is 11.8 Å². The van der Waals surface area contributed by atoms with Crippen LogP contribution in [0.3, 0.4) is 0 Å². The minimum Gasteiger partial charge on any atom is -0.342 e. The lowest BCUT2D eigenvalue weighted by Gasteiger charge is -2.41. The van der Waals surface area contributed by atoms with Gasteiger partial charge in [0.2, 0.25) is 11.8 Å². The average molecular weight is 236 g/mol. The van der Waals surface area contributed by atoms with E-state index >= 15 is 0 Å². The number of hydrogen-bond acceptors (Lipinski definition) is 2. The van der Waals surface area contributed by atoms with Gasteiger partial charge in [-0.25, -0.2) is 0 Å². The van der Waals surface area contributed by atoms with Gasteiger partial charge in [0, 0.05) is 6.04 Å². The predicted molar refractivity (Wildman–Crippen MR) is 63.1 cm³/mol. The number of piperazine rings is 1. The highest BCUT2D eigenvalue weighted by Crippen LogP contribution is 2.39. The van der Waals surface area contributed by atoms with Crippen molar-refractivity contribution in [1.29, 1.82) is 0 Å². The number of nitrogens with one attached hydrogen (secondary N) is 1. The summed E-state index contributed by atoms with van der Waals surface area (Å²) in [5.74, 6) is 1.19. The number of carbonyl (C=O) groups is 2. The summed E-state index contributed by atoms with van der Waals surface area (Å²) in [6, 6.07) is -0.308. The van der Waals surface area contributed by atoms with Crippen LogP contribution < -0.4 is 5.32 Å². The third kappa shape index (κ3) is 1.83. The first-order chi connectivity index (χ1) is 8.09. The van der Waals surface area contributed by atoms with E-state index in [0.717, 1.165) is 12.8 Å². The molecule has 3 aliphatic rings. The topological polar surface area (TPSA) is 49.4 Å². The molecule has 4 nitrogen and oxygen atoms in total. The normalized spacial score (nSPS) is 35.8. The standard InChI is InChI=1S/C13H20N2O2/c1-7(9-3-4-9)15-8(2)12(16)14-11(13(15)17)10-5-6-10/h7-11H,3-6H2,1-2H3,(H,14,16). The van der Waals surface area contributed by atoms with Gasteiger partial charge < -0.3 is 10.2 Å². The average Bonchev–Trinajstić information content (AvgIpc) is 3.17. The highest BCUT2D eigenvalue weighted by Gasteiger charge is 2.48. The van der Waals surface area contributed by atoms with Gasteiger partial charge >= 0.3 is 0 Å². The van der Waals surface area contributed by atoms with Gasteiger partial charge in [-0.15, -0.1) is 0 Å². The smallest absolute Gasteiger partial charge is 0.246 e. The molecule has 1 aliphatic heterocycles. The van der Waals surface area contributed by atoms with Gasteiger partial charge in [0.1, 0.15) is 12.1 Å². The Morgan fingerprint density at radius 2 is 1.88 bits per heavy atom. The van der Waals surface area contributed by atoms with E-state index in [9.17, 15) is 9.59 Å². The lowest BCUT2D eigenvalue weighted by atomic mass is 10.0. The number of rotatable bonds is 3. The molecule has 0 aromatic carbocycles. The van der Waals surface area contributed by atoms with Crippen LogP contribution in [0, 0.1) is 11.8 Å². The van der Waals surface area contributed by atoms with Gasteiger partial charge in [0.05, 0.1) is 0 Å². The highest BCUT2D eigenvalue weighted by atomic mass is 16.2. The van der Waals surface area contributed by atoms with E-state index in [2.05, 4.69) is 12.2 Å². The van der Waals surface area contributed by atoms with Crippen LogP contribution in [0.2, 0.25) is 0 Å². The van der Waals surface area contributed by atoms with Crippen LogP contribution in [0.4, 0.5) is 0 Å². The molecule has 2 aliphatic carbocycles. The maximum Gasteiger partial charge on any atom is 0.246 e. The Kier molecular flexibility index (Phi) is 2.42. The van der Waals surface area contributed by atoms with Crippen LogP contribution in [-0.2, 0) is 9.59 Å². The Hall–Kier alpha value is -1.06. The Bertz CT molecular complexity index is 360. The predicted octanol–water partition coefficient (Wildman–Crippen LogP) is 0.910. The van der Waals surface area contributed by atoms with Gasteiger partial charge in [-0.3, -0.25) is 9.59 Å². The van der Waals surface area contributed by atoms with Crippen molar-refractivity contribution in [1.82, 2.24) is 10.2 Å². The summed E-state index contributed by atoms with van der Waals surface area (Å²) in [5, 5.41) is 2.89. The fraction of sp³-hybridized carbons (Fsp3) is 0.846. The maximum absolute atomic E-state index is 12.4. The minimum absolute atomic E-state index is 0.0222. The molecule has 1 saturated heterocycles. The molecule has 0 bridgehead atoms. The van der Waals surface area contributed by atoms with E-state index in [1.165, 1.54) is 12.8 Å². The largest absolute Gasteiger partial charge is 0.342 e. The lowest BCUT2D eigenvalue weighted by molar-refractivity contribution is -0.152. The van der Waals surface area contributed by atoms with Crippen molar-refractivity contribution in [2.24, 2.45) is 11.8 Å². The molecule has 3 atom stereocenters. The molecule has 0 spiro atoms. The van der Waals surface area contributed by atoms with Gasteiger partial charge in [0.25, 0.3) is 0 Å². The summed E-state index contributed by atoms with van der Waals surface area (Å²) in [5.41, 5.74) is 0.